The molecule has 0 radical (unpaired) electrons. The zero-order valence-electron chi connectivity index (χ0n) is 14.8. The Kier molecular flexibility index (Phi) is 4.16. The third kappa shape index (κ3) is 3.58. The minimum Gasteiger partial charge on any atom is -0.363 e. The van der Waals surface area contributed by atoms with E-state index in [0.717, 1.165) is 17.1 Å². The van der Waals surface area contributed by atoms with Crippen LogP contribution in [-0.4, -0.2) is 45.0 Å². The van der Waals surface area contributed by atoms with Crippen LogP contribution in [0.3, 0.4) is 0 Å². The molecule has 1 aliphatic carbocycles. The van der Waals surface area contributed by atoms with Gasteiger partial charge in [0.25, 0.3) is 0 Å². The van der Waals surface area contributed by atoms with Crippen LogP contribution < -0.4 is 10.2 Å². The van der Waals surface area contributed by atoms with E-state index in [0.29, 0.717) is 17.6 Å². The van der Waals surface area contributed by atoms with Gasteiger partial charge in [0.2, 0.25) is 5.91 Å². The Balaban J connectivity index is 1.41. The van der Waals surface area contributed by atoms with E-state index in [1.165, 1.54) is 12.8 Å². The van der Waals surface area contributed by atoms with Crippen molar-refractivity contribution in [2.75, 3.05) is 24.3 Å². The first-order valence-electron chi connectivity index (χ1n) is 8.62. The number of aromatic nitrogens is 5. The summed E-state index contributed by atoms with van der Waals surface area (Å²) in [5.41, 5.74) is 1.85. The Morgan fingerprint density at radius 1 is 1.38 bits per heavy atom. The van der Waals surface area contributed by atoms with E-state index in [9.17, 15) is 4.79 Å². The van der Waals surface area contributed by atoms with Gasteiger partial charge in [-0.05, 0) is 30.5 Å². The molecule has 4 rings (SSSR count). The second kappa shape index (κ2) is 6.62. The molecule has 1 aliphatic rings. The number of hydrogen-bond donors (Lipinski definition) is 2. The van der Waals surface area contributed by atoms with Crippen LogP contribution in [0.2, 0.25) is 0 Å². The molecule has 3 aromatic rings. The van der Waals surface area contributed by atoms with E-state index >= 15 is 0 Å². The largest absolute Gasteiger partial charge is 0.363 e. The minimum absolute atomic E-state index is 0.106. The minimum atomic E-state index is -0.106. The molecule has 0 aliphatic heterocycles. The standard InChI is InChI=1S/C18H21N7O/c1-24(2)16-4-3-5-17(21-16)25-11-12(10-19-25)8-18(26)20-15-9-14(22-23-15)13-6-7-13/h3-5,9-11,13H,6-8H2,1-2H3,(H2,20,22,23,26). The molecular weight excluding hydrogens is 330 g/mol. The summed E-state index contributed by atoms with van der Waals surface area (Å²) in [6, 6.07) is 7.66. The van der Waals surface area contributed by atoms with Crippen LogP contribution in [0.25, 0.3) is 5.82 Å². The summed E-state index contributed by atoms with van der Waals surface area (Å²) in [5.74, 6) is 2.66. The predicted octanol–water partition coefficient (Wildman–Crippen LogP) is 2.11. The summed E-state index contributed by atoms with van der Waals surface area (Å²) in [7, 11) is 3.88. The highest BCUT2D eigenvalue weighted by molar-refractivity contribution is 5.91. The first-order valence-corrected chi connectivity index (χ1v) is 8.62. The Bertz CT molecular complexity index is 923. The Hall–Kier alpha value is -3.16. The SMILES string of the molecule is CN(C)c1cccc(-n2cc(CC(=O)Nc3cc(C4CC4)n[nH]3)cn2)n1. The average molecular weight is 351 g/mol. The van der Waals surface area contributed by atoms with Gasteiger partial charge >= 0.3 is 0 Å². The van der Waals surface area contributed by atoms with Crippen LogP contribution in [0, 0.1) is 0 Å². The molecule has 0 saturated heterocycles. The van der Waals surface area contributed by atoms with Crippen molar-refractivity contribution in [1.29, 1.82) is 0 Å². The summed E-state index contributed by atoms with van der Waals surface area (Å²) in [6.07, 6.45) is 6.11. The molecule has 0 aromatic carbocycles. The molecule has 1 amide bonds. The monoisotopic (exact) mass is 351 g/mol. The van der Waals surface area contributed by atoms with Gasteiger partial charge in [-0.3, -0.25) is 9.89 Å². The summed E-state index contributed by atoms with van der Waals surface area (Å²) in [6.45, 7) is 0. The van der Waals surface area contributed by atoms with Gasteiger partial charge < -0.3 is 10.2 Å². The summed E-state index contributed by atoms with van der Waals surface area (Å²) in [5, 5.41) is 14.3. The van der Waals surface area contributed by atoms with Crippen LogP contribution in [0.4, 0.5) is 11.6 Å². The van der Waals surface area contributed by atoms with Crippen molar-refractivity contribution >= 4 is 17.5 Å². The van der Waals surface area contributed by atoms with Gasteiger partial charge in [-0.25, -0.2) is 9.67 Å². The number of pyridine rings is 1. The predicted molar refractivity (Wildman–Crippen MR) is 98.6 cm³/mol. The first-order chi connectivity index (χ1) is 12.6. The summed E-state index contributed by atoms with van der Waals surface area (Å²) in [4.78, 5) is 18.7. The van der Waals surface area contributed by atoms with E-state index in [-0.39, 0.29) is 12.3 Å². The van der Waals surface area contributed by atoms with Gasteiger partial charge in [0, 0.05) is 32.3 Å². The van der Waals surface area contributed by atoms with Crippen LogP contribution >= 0.6 is 0 Å². The number of carbonyl (C=O) groups excluding carboxylic acids is 1. The Morgan fingerprint density at radius 2 is 2.23 bits per heavy atom. The number of aromatic amines is 1. The normalized spacial score (nSPS) is 13.6. The smallest absolute Gasteiger partial charge is 0.230 e. The van der Waals surface area contributed by atoms with Crippen molar-refractivity contribution in [2.45, 2.75) is 25.2 Å². The molecule has 0 spiro atoms. The van der Waals surface area contributed by atoms with Crippen molar-refractivity contribution in [3.63, 3.8) is 0 Å². The van der Waals surface area contributed by atoms with Crippen LogP contribution in [0.5, 0.6) is 0 Å². The molecule has 1 fully saturated rings. The van der Waals surface area contributed by atoms with Crippen molar-refractivity contribution < 1.29 is 4.79 Å². The van der Waals surface area contributed by atoms with Crippen molar-refractivity contribution in [3.05, 3.63) is 47.9 Å². The highest BCUT2D eigenvalue weighted by atomic mass is 16.1. The summed E-state index contributed by atoms with van der Waals surface area (Å²) < 4.78 is 1.68. The fraction of sp³-hybridized carbons (Fsp3) is 0.333. The van der Waals surface area contributed by atoms with E-state index < -0.39 is 0 Å². The number of hydrogen-bond acceptors (Lipinski definition) is 5. The van der Waals surface area contributed by atoms with Gasteiger partial charge in [0.05, 0.1) is 18.3 Å². The van der Waals surface area contributed by atoms with E-state index in [4.69, 9.17) is 0 Å². The van der Waals surface area contributed by atoms with Crippen molar-refractivity contribution in [2.24, 2.45) is 0 Å². The third-order valence-corrected chi connectivity index (χ3v) is 4.28. The van der Waals surface area contributed by atoms with E-state index in [1.54, 1.807) is 10.9 Å². The lowest BCUT2D eigenvalue weighted by Crippen LogP contribution is -2.14. The topological polar surface area (TPSA) is 91.7 Å². The van der Waals surface area contributed by atoms with E-state index in [2.05, 4.69) is 25.6 Å². The molecule has 1 saturated carbocycles. The maximum atomic E-state index is 12.2. The van der Waals surface area contributed by atoms with Crippen LogP contribution in [0.15, 0.2) is 36.7 Å². The highest BCUT2D eigenvalue weighted by Gasteiger charge is 2.26. The molecule has 0 bridgehead atoms. The Morgan fingerprint density at radius 3 is 3.00 bits per heavy atom. The molecule has 0 atom stereocenters. The number of H-pyrrole nitrogens is 1. The number of nitrogens with zero attached hydrogens (tertiary/aromatic N) is 5. The zero-order valence-corrected chi connectivity index (χ0v) is 14.8. The molecule has 2 N–H and O–H groups in total. The summed E-state index contributed by atoms with van der Waals surface area (Å²) >= 11 is 0. The number of carbonyl (C=O) groups is 1. The zero-order chi connectivity index (χ0) is 18.1. The van der Waals surface area contributed by atoms with Crippen molar-refractivity contribution in [1.82, 2.24) is 25.0 Å². The molecule has 0 unspecified atom stereocenters. The molecule has 3 aromatic heterocycles. The van der Waals surface area contributed by atoms with Crippen LogP contribution in [0.1, 0.15) is 30.0 Å². The second-order valence-electron chi connectivity index (χ2n) is 6.75. The van der Waals surface area contributed by atoms with E-state index in [1.807, 2.05) is 49.5 Å². The molecule has 26 heavy (non-hydrogen) atoms. The molecule has 8 heteroatoms. The lowest BCUT2D eigenvalue weighted by atomic mass is 10.2. The third-order valence-electron chi connectivity index (χ3n) is 4.28. The number of amides is 1. The average Bonchev–Trinajstić information content (AvgIpc) is 3.20. The molecule has 134 valence electrons. The lowest BCUT2D eigenvalue weighted by molar-refractivity contribution is -0.115. The van der Waals surface area contributed by atoms with Gasteiger partial charge in [-0.1, -0.05) is 6.07 Å². The number of nitrogens with one attached hydrogen (secondary N) is 2. The Labute approximate surface area is 151 Å². The number of anilines is 2. The van der Waals surface area contributed by atoms with Gasteiger partial charge in [0.15, 0.2) is 5.82 Å². The number of rotatable bonds is 6. The van der Waals surface area contributed by atoms with Gasteiger partial charge in [-0.2, -0.15) is 10.2 Å². The maximum absolute atomic E-state index is 12.2. The molecule has 8 nitrogen and oxygen atoms in total. The fourth-order valence-electron chi connectivity index (χ4n) is 2.73. The van der Waals surface area contributed by atoms with Crippen LogP contribution in [-0.2, 0) is 11.2 Å². The van der Waals surface area contributed by atoms with Gasteiger partial charge in [0.1, 0.15) is 11.6 Å². The highest BCUT2D eigenvalue weighted by Crippen LogP contribution is 2.39. The molecule has 3 heterocycles. The van der Waals surface area contributed by atoms with Gasteiger partial charge in [-0.15, -0.1) is 0 Å². The fourth-order valence-corrected chi connectivity index (χ4v) is 2.73. The quantitative estimate of drug-likeness (QED) is 0.710. The first kappa shape index (κ1) is 16.3. The molecular formula is C18H21N7O. The maximum Gasteiger partial charge on any atom is 0.230 e. The van der Waals surface area contributed by atoms with Crippen molar-refractivity contribution in [3.8, 4) is 5.82 Å². The lowest BCUT2D eigenvalue weighted by Gasteiger charge is -2.11. The second-order valence-corrected chi connectivity index (χ2v) is 6.75.